The van der Waals surface area contributed by atoms with Crippen LogP contribution in [0.5, 0.6) is 17.2 Å². The van der Waals surface area contributed by atoms with E-state index in [0.29, 0.717) is 48.3 Å². The SMILES string of the molecule is CCOc1ccc(N(CC(=O)N/N=C\c2ccc(OCC)c(OCC)c2)S(=O)(=O)c2ccc(SC)cc2)cc1. The van der Waals surface area contributed by atoms with Crippen LogP contribution in [0.2, 0.25) is 0 Å². The van der Waals surface area contributed by atoms with Gasteiger partial charge in [-0.05, 0) is 99.3 Å². The molecule has 0 radical (unpaired) electrons. The summed E-state index contributed by atoms with van der Waals surface area (Å²) in [7, 11) is -4.06. The zero-order valence-corrected chi connectivity index (χ0v) is 24.1. The Bertz CT molecular complexity index is 1360. The molecule has 0 spiro atoms. The van der Waals surface area contributed by atoms with E-state index in [1.54, 1.807) is 54.6 Å². The number of carbonyl (C=O) groups is 1. The lowest BCUT2D eigenvalue weighted by atomic mass is 10.2. The van der Waals surface area contributed by atoms with Crippen LogP contribution in [0.1, 0.15) is 26.3 Å². The van der Waals surface area contributed by atoms with Gasteiger partial charge in [-0.2, -0.15) is 5.10 Å². The van der Waals surface area contributed by atoms with Crippen LogP contribution in [0.15, 0.2) is 81.6 Å². The number of hydrazone groups is 1. The van der Waals surface area contributed by atoms with E-state index < -0.39 is 22.5 Å². The van der Waals surface area contributed by atoms with Crippen molar-refractivity contribution in [2.75, 3.05) is 36.9 Å². The van der Waals surface area contributed by atoms with Gasteiger partial charge >= 0.3 is 0 Å². The number of sulfonamides is 1. The van der Waals surface area contributed by atoms with E-state index in [9.17, 15) is 13.2 Å². The van der Waals surface area contributed by atoms with Gasteiger partial charge in [-0.15, -0.1) is 11.8 Å². The molecule has 0 unspecified atom stereocenters. The first kappa shape index (κ1) is 29.9. The number of ether oxygens (including phenoxy) is 3. The van der Waals surface area contributed by atoms with Crippen LogP contribution < -0.4 is 23.9 Å². The van der Waals surface area contributed by atoms with Gasteiger partial charge in [0.15, 0.2) is 11.5 Å². The molecular weight excluding hydrogens is 538 g/mol. The van der Waals surface area contributed by atoms with Gasteiger partial charge in [-0.1, -0.05) is 0 Å². The van der Waals surface area contributed by atoms with Crippen molar-refractivity contribution in [3.63, 3.8) is 0 Å². The number of hydrogen-bond acceptors (Lipinski definition) is 8. The van der Waals surface area contributed by atoms with Crippen molar-refractivity contribution in [2.24, 2.45) is 5.10 Å². The van der Waals surface area contributed by atoms with E-state index >= 15 is 0 Å². The number of amides is 1. The minimum atomic E-state index is -4.06. The Balaban J connectivity index is 1.82. The molecule has 39 heavy (non-hydrogen) atoms. The molecule has 0 aliphatic rings. The van der Waals surface area contributed by atoms with Gasteiger partial charge in [-0.25, -0.2) is 13.8 Å². The largest absolute Gasteiger partial charge is 0.494 e. The molecule has 0 aromatic heterocycles. The Labute approximate surface area is 234 Å². The van der Waals surface area contributed by atoms with Crippen LogP contribution in [0, 0.1) is 0 Å². The molecule has 0 fully saturated rings. The molecule has 3 aromatic rings. The molecule has 3 rings (SSSR count). The Hall–Kier alpha value is -3.70. The van der Waals surface area contributed by atoms with Crippen LogP contribution >= 0.6 is 11.8 Å². The van der Waals surface area contributed by atoms with Crippen molar-refractivity contribution in [2.45, 2.75) is 30.6 Å². The number of benzene rings is 3. The van der Waals surface area contributed by atoms with E-state index in [-0.39, 0.29) is 4.90 Å². The second-order valence-corrected chi connectivity index (χ2v) is 10.7. The minimum Gasteiger partial charge on any atom is -0.494 e. The van der Waals surface area contributed by atoms with Gasteiger partial charge in [0.1, 0.15) is 12.3 Å². The summed E-state index contributed by atoms with van der Waals surface area (Å²) in [6.07, 6.45) is 3.36. The third-order valence-electron chi connectivity index (χ3n) is 5.34. The molecule has 0 saturated carbocycles. The van der Waals surface area contributed by atoms with E-state index in [4.69, 9.17) is 14.2 Å². The molecule has 3 aromatic carbocycles. The fourth-order valence-electron chi connectivity index (χ4n) is 3.56. The summed E-state index contributed by atoms with van der Waals surface area (Å²) in [5.41, 5.74) is 3.41. The minimum absolute atomic E-state index is 0.0725. The molecule has 0 heterocycles. The monoisotopic (exact) mass is 571 g/mol. The number of rotatable bonds is 14. The summed E-state index contributed by atoms with van der Waals surface area (Å²) in [5, 5.41) is 4.02. The summed E-state index contributed by atoms with van der Waals surface area (Å²) in [6.45, 7) is 6.58. The lowest BCUT2D eigenvalue weighted by molar-refractivity contribution is -0.119. The molecule has 0 bridgehead atoms. The van der Waals surface area contributed by atoms with Crippen molar-refractivity contribution in [1.29, 1.82) is 0 Å². The number of anilines is 1. The standard InChI is InChI=1S/C28H33N3O6S2/c1-5-35-23-11-9-22(10-12-23)31(39(33,34)25-15-13-24(38-4)14-16-25)20-28(32)30-29-19-21-8-17-26(36-6-2)27(18-21)37-7-3/h8-19H,5-7,20H2,1-4H3,(H,30,32)/b29-19-. The van der Waals surface area contributed by atoms with Gasteiger partial charge in [-0.3, -0.25) is 9.10 Å². The highest BCUT2D eigenvalue weighted by Gasteiger charge is 2.27. The predicted octanol–water partition coefficient (Wildman–Crippen LogP) is 4.95. The number of carbonyl (C=O) groups excluding carboxylic acids is 1. The van der Waals surface area contributed by atoms with Gasteiger partial charge in [0.25, 0.3) is 15.9 Å². The molecule has 208 valence electrons. The maximum atomic E-state index is 13.6. The Morgan fingerprint density at radius 2 is 1.54 bits per heavy atom. The Morgan fingerprint density at radius 1 is 0.897 bits per heavy atom. The Kier molecular flexibility index (Phi) is 11.1. The molecule has 1 amide bonds. The second kappa shape index (κ2) is 14.5. The first-order valence-electron chi connectivity index (χ1n) is 12.4. The molecule has 9 nitrogen and oxygen atoms in total. The summed E-state index contributed by atoms with van der Waals surface area (Å²) in [4.78, 5) is 13.9. The van der Waals surface area contributed by atoms with Crippen LogP contribution in [-0.4, -0.2) is 53.2 Å². The van der Waals surface area contributed by atoms with Crippen LogP contribution in [0.4, 0.5) is 5.69 Å². The molecule has 0 aliphatic heterocycles. The van der Waals surface area contributed by atoms with E-state index in [1.807, 2.05) is 27.0 Å². The van der Waals surface area contributed by atoms with E-state index in [2.05, 4.69) is 10.5 Å². The fraction of sp³-hybridized carbons (Fsp3) is 0.286. The quantitative estimate of drug-likeness (QED) is 0.166. The Morgan fingerprint density at radius 3 is 2.15 bits per heavy atom. The molecule has 1 N–H and O–H groups in total. The highest BCUT2D eigenvalue weighted by atomic mass is 32.2. The van der Waals surface area contributed by atoms with Crippen molar-refractivity contribution < 1.29 is 27.4 Å². The number of hydrogen-bond donors (Lipinski definition) is 1. The van der Waals surface area contributed by atoms with E-state index in [1.165, 1.54) is 30.1 Å². The van der Waals surface area contributed by atoms with Gasteiger partial charge < -0.3 is 14.2 Å². The van der Waals surface area contributed by atoms with Gasteiger partial charge in [0, 0.05) is 4.90 Å². The third-order valence-corrected chi connectivity index (χ3v) is 7.87. The predicted molar refractivity (Wildman–Crippen MR) is 155 cm³/mol. The summed E-state index contributed by atoms with van der Waals surface area (Å²) in [5.74, 6) is 1.16. The smallest absolute Gasteiger partial charge is 0.264 e. The van der Waals surface area contributed by atoms with Crippen molar-refractivity contribution in [1.82, 2.24) is 5.43 Å². The highest BCUT2D eigenvalue weighted by Crippen LogP contribution is 2.29. The molecular formula is C28H33N3O6S2. The maximum absolute atomic E-state index is 13.6. The fourth-order valence-corrected chi connectivity index (χ4v) is 5.39. The number of nitrogens with one attached hydrogen (secondary N) is 1. The van der Waals surface area contributed by atoms with Gasteiger partial charge in [0.2, 0.25) is 0 Å². The molecule has 11 heteroatoms. The highest BCUT2D eigenvalue weighted by molar-refractivity contribution is 7.98. The zero-order chi connectivity index (χ0) is 28.3. The molecule has 0 saturated heterocycles. The number of nitrogens with zero attached hydrogens (tertiary/aromatic N) is 2. The van der Waals surface area contributed by atoms with Crippen molar-refractivity contribution in [3.8, 4) is 17.2 Å². The van der Waals surface area contributed by atoms with Crippen molar-refractivity contribution >= 4 is 39.6 Å². The maximum Gasteiger partial charge on any atom is 0.264 e. The average Bonchev–Trinajstić information content (AvgIpc) is 2.94. The second-order valence-electron chi connectivity index (χ2n) is 7.98. The van der Waals surface area contributed by atoms with Crippen LogP contribution in [0.3, 0.4) is 0 Å². The first-order valence-corrected chi connectivity index (χ1v) is 15.1. The normalized spacial score (nSPS) is 11.3. The van der Waals surface area contributed by atoms with Crippen molar-refractivity contribution in [3.05, 3.63) is 72.3 Å². The summed E-state index contributed by atoms with van der Waals surface area (Å²) >= 11 is 1.51. The third kappa shape index (κ3) is 8.14. The topological polar surface area (TPSA) is 107 Å². The van der Waals surface area contributed by atoms with Crippen LogP contribution in [-0.2, 0) is 14.8 Å². The first-order chi connectivity index (χ1) is 18.8. The van der Waals surface area contributed by atoms with Gasteiger partial charge in [0.05, 0.1) is 36.6 Å². The molecule has 0 aliphatic carbocycles. The summed E-state index contributed by atoms with van der Waals surface area (Å²) in [6, 6.07) is 18.3. The van der Waals surface area contributed by atoms with Crippen LogP contribution in [0.25, 0.3) is 0 Å². The lowest BCUT2D eigenvalue weighted by Crippen LogP contribution is -2.39. The average molecular weight is 572 g/mol. The lowest BCUT2D eigenvalue weighted by Gasteiger charge is -2.24. The summed E-state index contributed by atoms with van der Waals surface area (Å²) < 4.78 is 44.9. The zero-order valence-electron chi connectivity index (χ0n) is 22.4. The molecule has 0 atom stereocenters. The number of thioether (sulfide) groups is 1. The van der Waals surface area contributed by atoms with E-state index in [0.717, 1.165) is 9.20 Å².